The maximum atomic E-state index is 12.4. The van der Waals surface area contributed by atoms with Gasteiger partial charge in [0.05, 0.1) is 6.61 Å². The highest BCUT2D eigenvalue weighted by Gasteiger charge is 2.53. The van der Waals surface area contributed by atoms with Crippen molar-refractivity contribution in [1.29, 1.82) is 0 Å². The standard InChI is InChI=1S/C12H12F6O8/c1-4(19)24-7-6(26-10(21)12(16,17)18)5(3-23-8(7)22-2)25-9(20)11(13,14)15/h5-8H,3H2,1-2H3. The van der Waals surface area contributed by atoms with Crippen LogP contribution in [-0.4, -0.2) is 68.6 Å². The molecule has 14 heteroatoms. The number of esters is 3. The van der Waals surface area contributed by atoms with E-state index in [9.17, 15) is 40.7 Å². The lowest BCUT2D eigenvalue weighted by Gasteiger charge is -2.39. The van der Waals surface area contributed by atoms with E-state index in [0.717, 1.165) is 14.0 Å². The summed E-state index contributed by atoms with van der Waals surface area (Å²) in [5, 5.41) is 0. The van der Waals surface area contributed by atoms with Gasteiger partial charge in [-0.05, 0) is 0 Å². The Morgan fingerprint density at radius 3 is 1.81 bits per heavy atom. The van der Waals surface area contributed by atoms with Crippen LogP contribution >= 0.6 is 0 Å². The molecule has 1 heterocycles. The van der Waals surface area contributed by atoms with Gasteiger partial charge in [-0.3, -0.25) is 4.79 Å². The summed E-state index contributed by atoms with van der Waals surface area (Å²) in [6.07, 6.45) is -18.9. The molecule has 0 aliphatic carbocycles. The van der Waals surface area contributed by atoms with Crippen molar-refractivity contribution >= 4 is 17.9 Å². The van der Waals surface area contributed by atoms with Crippen molar-refractivity contribution in [2.75, 3.05) is 13.7 Å². The fraction of sp³-hybridized carbons (Fsp3) is 0.750. The van der Waals surface area contributed by atoms with Gasteiger partial charge in [0, 0.05) is 14.0 Å². The smallest absolute Gasteiger partial charge is 0.453 e. The number of ether oxygens (including phenoxy) is 5. The number of carbonyl (C=O) groups is 3. The molecule has 0 N–H and O–H groups in total. The molecule has 0 amide bonds. The molecule has 1 aliphatic heterocycles. The number of methoxy groups -OCH3 is 1. The van der Waals surface area contributed by atoms with E-state index in [4.69, 9.17) is 4.74 Å². The number of hydrogen-bond donors (Lipinski definition) is 0. The average molecular weight is 398 g/mol. The first-order valence-corrected chi connectivity index (χ1v) is 6.64. The van der Waals surface area contributed by atoms with Gasteiger partial charge in [0.25, 0.3) is 0 Å². The van der Waals surface area contributed by atoms with Crippen LogP contribution in [-0.2, 0) is 38.1 Å². The Balaban J connectivity index is 3.14. The molecular formula is C12H12F6O8. The summed E-state index contributed by atoms with van der Waals surface area (Å²) in [4.78, 5) is 33.1. The van der Waals surface area contributed by atoms with E-state index in [2.05, 4.69) is 18.9 Å². The predicted octanol–water partition coefficient (Wildman–Crippen LogP) is 0.869. The molecule has 150 valence electrons. The number of halogens is 6. The highest BCUT2D eigenvalue weighted by atomic mass is 19.4. The molecule has 0 aromatic carbocycles. The van der Waals surface area contributed by atoms with Gasteiger partial charge in [-0.1, -0.05) is 0 Å². The Hall–Kier alpha value is -2.09. The Morgan fingerprint density at radius 2 is 1.38 bits per heavy atom. The molecule has 4 unspecified atom stereocenters. The van der Waals surface area contributed by atoms with Gasteiger partial charge in [0.15, 0.2) is 24.6 Å². The van der Waals surface area contributed by atoms with Crippen LogP contribution in [0, 0.1) is 0 Å². The normalized spacial score (nSPS) is 26.8. The van der Waals surface area contributed by atoms with E-state index in [1.165, 1.54) is 0 Å². The lowest BCUT2D eigenvalue weighted by atomic mass is 10.0. The molecule has 0 saturated carbocycles. The molecule has 8 nitrogen and oxygen atoms in total. The number of hydrogen-bond acceptors (Lipinski definition) is 8. The number of carbonyl (C=O) groups excluding carboxylic acids is 3. The van der Waals surface area contributed by atoms with Gasteiger partial charge in [-0.25, -0.2) is 9.59 Å². The van der Waals surface area contributed by atoms with Crippen LogP contribution in [0.4, 0.5) is 26.3 Å². The topological polar surface area (TPSA) is 97.4 Å². The third-order valence-corrected chi connectivity index (χ3v) is 2.88. The van der Waals surface area contributed by atoms with Crippen LogP contribution in [0.3, 0.4) is 0 Å². The monoisotopic (exact) mass is 398 g/mol. The molecule has 0 aromatic heterocycles. The quantitative estimate of drug-likeness (QED) is 0.391. The second-order valence-corrected chi connectivity index (χ2v) is 4.82. The van der Waals surface area contributed by atoms with Gasteiger partial charge in [0.2, 0.25) is 0 Å². The largest absolute Gasteiger partial charge is 0.490 e. The highest BCUT2D eigenvalue weighted by molar-refractivity contribution is 5.77. The summed E-state index contributed by atoms with van der Waals surface area (Å²) < 4.78 is 96.5. The second-order valence-electron chi connectivity index (χ2n) is 4.82. The highest BCUT2D eigenvalue weighted by Crippen LogP contribution is 2.29. The minimum Gasteiger partial charge on any atom is -0.453 e. The van der Waals surface area contributed by atoms with Gasteiger partial charge < -0.3 is 23.7 Å². The van der Waals surface area contributed by atoms with E-state index < -0.39 is 61.5 Å². The Morgan fingerprint density at radius 1 is 0.885 bits per heavy atom. The fourth-order valence-electron chi connectivity index (χ4n) is 1.90. The van der Waals surface area contributed by atoms with Crippen LogP contribution in [0.5, 0.6) is 0 Å². The molecule has 0 spiro atoms. The second kappa shape index (κ2) is 8.07. The van der Waals surface area contributed by atoms with Crippen molar-refractivity contribution in [3.8, 4) is 0 Å². The third kappa shape index (κ3) is 5.72. The van der Waals surface area contributed by atoms with Gasteiger partial charge in [-0.2, -0.15) is 26.3 Å². The lowest BCUT2D eigenvalue weighted by Crippen LogP contribution is -2.59. The van der Waals surface area contributed by atoms with Gasteiger partial charge >= 0.3 is 30.3 Å². The minimum absolute atomic E-state index is 0.820. The van der Waals surface area contributed by atoms with Crippen molar-refractivity contribution < 1.29 is 64.4 Å². The summed E-state index contributed by atoms with van der Waals surface area (Å²) in [6, 6.07) is 0. The van der Waals surface area contributed by atoms with Crippen molar-refractivity contribution in [2.24, 2.45) is 0 Å². The third-order valence-electron chi connectivity index (χ3n) is 2.88. The van der Waals surface area contributed by atoms with Crippen molar-refractivity contribution in [3.05, 3.63) is 0 Å². The Bertz CT molecular complexity index is 545. The van der Waals surface area contributed by atoms with Crippen LogP contribution in [0.1, 0.15) is 6.92 Å². The molecule has 1 aliphatic rings. The predicted molar refractivity (Wildman–Crippen MR) is 64.2 cm³/mol. The molecule has 26 heavy (non-hydrogen) atoms. The molecule has 1 saturated heterocycles. The first-order chi connectivity index (χ1) is 11.8. The van der Waals surface area contributed by atoms with E-state index in [1.54, 1.807) is 0 Å². The maximum Gasteiger partial charge on any atom is 0.490 e. The molecule has 4 atom stereocenters. The first-order valence-electron chi connectivity index (χ1n) is 6.64. The van der Waals surface area contributed by atoms with E-state index in [1.807, 2.05) is 0 Å². The van der Waals surface area contributed by atoms with Crippen LogP contribution < -0.4 is 0 Å². The van der Waals surface area contributed by atoms with Crippen molar-refractivity contribution in [1.82, 2.24) is 0 Å². The zero-order valence-corrected chi connectivity index (χ0v) is 13.1. The summed E-state index contributed by atoms with van der Waals surface area (Å²) >= 11 is 0. The van der Waals surface area contributed by atoms with E-state index in [0.29, 0.717) is 0 Å². The van der Waals surface area contributed by atoms with Crippen LogP contribution in [0.25, 0.3) is 0 Å². The van der Waals surface area contributed by atoms with Crippen LogP contribution in [0.2, 0.25) is 0 Å². The van der Waals surface area contributed by atoms with E-state index in [-0.39, 0.29) is 0 Å². The molecule has 1 fully saturated rings. The Labute approximate surface area is 141 Å². The summed E-state index contributed by atoms with van der Waals surface area (Å²) in [5.74, 6) is -6.67. The van der Waals surface area contributed by atoms with Crippen molar-refractivity contribution in [3.63, 3.8) is 0 Å². The molecule has 0 bridgehead atoms. The average Bonchev–Trinajstić information content (AvgIpc) is 2.47. The maximum absolute atomic E-state index is 12.4. The number of alkyl halides is 6. The SMILES string of the molecule is COC1OCC(OC(=O)C(F)(F)F)C(OC(=O)C(F)(F)F)C1OC(C)=O. The molecule has 1 rings (SSSR count). The Kier molecular flexibility index (Phi) is 6.82. The molecule has 0 radical (unpaired) electrons. The van der Waals surface area contributed by atoms with Gasteiger partial charge in [0.1, 0.15) is 0 Å². The molecule has 0 aromatic rings. The summed E-state index contributed by atoms with van der Waals surface area (Å²) in [5.41, 5.74) is 0. The fourth-order valence-corrected chi connectivity index (χ4v) is 1.90. The zero-order valence-electron chi connectivity index (χ0n) is 13.1. The van der Waals surface area contributed by atoms with Gasteiger partial charge in [-0.15, -0.1) is 0 Å². The van der Waals surface area contributed by atoms with E-state index >= 15 is 0 Å². The first kappa shape index (κ1) is 22.0. The van der Waals surface area contributed by atoms with Crippen LogP contribution in [0.15, 0.2) is 0 Å². The zero-order chi connectivity index (χ0) is 20.3. The number of rotatable bonds is 4. The van der Waals surface area contributed by atoms with Crippen molar-refractivity contribution in [2.45, 2.75) is 43.9 Å². The molecular weight excluding hydrogens is 386 g/mol. The minimum atomic E-state index is -5.51. The summed E-state index contributed by atoms with van der Waals surface area (Å²) in [7, 11) is 0.978. The summed E-state index contributed by atoms with van der Waals surface area (Å²) in [6.45, 7) is -0.103. The lowest BCUT2D eigenvalue weighted by molar-refractivity contribution is -0.287.